The number of nitrogens with zero attached hydrogens (tertiary/aromatic N) is 2. The molecule has 1 aromatic carbocycles. The van der Waals surface area contributed by atoms with E-state index in [2.05, 4.69) is 25.9 Å². The van der Waals surface area contributed by atoms with Gasteiger partial charge >= 0.3 is 5.97 Å². The Kier molecular flexibility index (Phi) is 3.34. The molecular weight excluding hydrogens is 286 g/mol. The Morgan fingerprint density at radius 3 is 2.59 bits per heavy atom. The van der Waals surface area contributed by atoms with Crippen molar-refractivity contribution in [3.8, 4) is 5.75 Å². The smallest absolute Gasteiger partial charge is 0.381 e. The topological polar surface area (TPSA) is 78.1 Å². The molecule has 0 aliphatic carbocycles. The average molecular weight is 294 g/mol. The number of esters is 1. The number of hydrogen-bond donors (Lipinski definition) is 1. The third-order valence-corrected chi connectivity index (χ3v) is 2.41. The molecule has 0 fully saturated rings. The summed E-state index contributed by atoms with van der Waals surface area (Å²) in [5, 5.41) is 0. The molecule has 0 atom stereocenters. The fourth-order valence-electron chi connectivity index (χ4n) is 1.13. The van der Waals surface area contributed by atoms with Gasteiger partial charge in [0.15, 0.2) is 0 Å². The quantitative estimate of drug-likeness (QED) is 0.677. The van der Waals surface area contributed by atoms with Gasteiger partial charge in [-0.15, -0.1) is 0 Å². The second-order valence-electron chi connectivity index (χ2n) is 3.15. The van der Waals surface area contributed by atoms with Gasteiger partial charge in [-0.1, -0.05) is 15.9 Å². The minimum atomic E-state index is -0.639. The van der Waals surface area contributed by atoms with Crippen LogP contribution in [0.2, 0.25) is 0 Å². The van der Waals surface area contributed by atoms with Crippen LogP contribution in [0.4, 0.5) is 5.82 Å². The van der Waals surface area contributed by atoms with E-state index >= 15 is 0 Å². The highest BCUT2D eigenvalue weighted by Gasteiger charge is 2.11. The fraction of sp³-hybridized carbons (Fsp3) is 0. The highest BCUT2D eigenvalue weighted by molar-refractivity contribution is 9.10. The number of ether oxygens (including phenoxy) is 1. The first-order valence-electron chi connectivity index (χ1n) is 4.71. The molecule has 6 heteroatoms. The minimum Gasteiger partial charge on any atom is -0.421 e. The Labute approximate surface area is 106 Å². The Bertz CT molecular complexity index is 543. The van der Waals surface area contributed by atoms with Crippen LogP contribution < -0.4 is 10.5 Å². The van der Waals surface area contributed by atoms with Crippen molar-refractivity contribution in [2.45, 2.75) is 0 Å². The molecule has 0 bridgehead atoms. The molecule has 0 radical (unpaired) electrons. The van der Waals surface area contributed by atoms with E-state index in [0.29, 0.717) is 5.75 Å². The predicted molar refractivity (Wildman–Crippen MR) is 65.5 cm³/mol. The summed E-state index contributed by atoms with van der Waals surface area (Å²) in [6, 6.07) is 8.35. The molecule has 0 amide bonds. The van der Waals surface area contributed by atoms with Crippen molar-refractivity contribution in [1.82, 2.24) is 9.97 Å². The van der Waals surface area contributed by atoms with E-state index in [1.807, 2.05) is 0 Å². The highest BCUT2D eigenvalue weighted by atomic mass is 79.9. The average Bonchev–Trinajstić information content (AvgIpc) is 2.32. The molecular formula is C11H8BrN3O2. The molecule has 1 heterocycles. The van der Waals surface area contributed by atoms with E-state index in [1.165, 1.54) is 12.3 Å². The first kappa shape index (κ1) is 11.5. The standard InChI is InChI=1S/C11H8BrN3O2/c12-7-1-3-8(4-2-7)17-11(16)10-14-6-5-9(13)15-10/h1-6H,(H2,13,14,15). The first-order valence-corrected chi connectivity index (χ1v) is 5.51. The number of carbonyl (C=O) groups is 1. The van der Waals surface area contributed by atoms with Crippen molar-refractivity contribution in [3.63, 3.8) is 0 Å². The third-order valence-electron chi connectivity index (χ3n) is 1.88. The lowest BCUT2D eigenvalue weighted by Crippen LogP contribution is -2.13. The molecule has 2 N–H and O–H groups in total. The number of anilines is 1. The number of hydrogen-bond acceptors (Lipinski definition) is 5. The molecule has 86 valence electrons. The fourth-order valence-corrected chi connectivity index (χ4v) is 1.39. The maximum Gasteiger partial charge on any atom is 0.381 e. The van der Waals surface area contributed by atoms with E-state index < -0.39 is 5.97 Å². The summed E-state index contributed by atoms with van der Waals surface area (Å²) in [7, 11) is 0. The van der Waals surface area contributed by atoms with Crippen LogP contribution in [-0.4, -0.2) is 15.9 Å². The number of aromatic nitrogens is 2. The summed E-state index contributed by atoms with van der Waals surface area (Å²) >= 11 is 3.28. The lowest BCUT2D eigenvalue weighted by atomic mass is 10.3. The van der Waals surface area contributed by atoms with Crippen LogP contribution in [0.3, 0.4) is 0 Å². The molecule has 0 spiro atoms. The Morgan fingerprint density at radius 1 is 1.24 bits per heavy atom. The van der Waals surface area contributed by atoms with Crippen molar-refractivity contribution in [1.29, 1.82) is 0 Å². The summed E-state index contributed by atoms with van der Waals surface area (Å²) in [5.41, 5.74) is 5.44. The van der Waals surface area contributed by atoms with E-state index in [-0.39, 0.29) is 11.6 Å². The van der Waals surface area contributed by atoms with E-state index in [9.17, 15) is 4.79 Å². The molecule has 0 aliphatic rings. The number of nitrogens with two attached hydrogens (primary N) is 1. The SMILES string of the molecule is Nc1ccnc(C(=O)Oc2ccc(Br)cc2)n1. The Hall–Kier alpha value is -1.95. The third kappa shape index (κ3) is 3.01. The maximum atomic E-state index is 11.6. The lowest BCUT2D eigenvalue weighted by molar-refractivity contribution is 0.0722. The maximum absolute atomic E-state index is 11.6. The molecule has 2 aromatic rings. The zero-order chi connectivity index (χ0) is 12.3. The van der Waals surface area contributed by atoms with Gasteiger partial charge in [0.05, 0.1) is 0 Å². The van der Waals surface area contributed by atoms with Crippen LogP contribution in [0.15, 0.2) is 41.0 Å². The number of benzene rings is 1. The van der Waals surface area contributed by atoms with Gasteiger partial charge in [0.25, 0.3) is 0 Å². The van der Waals surface area contributed by atoms with Crippen molar-refractivity contribution < 1.29 is 9.53 Å². The van der Waals surface area contributed by atoms with Crippen LogP contribution in [0.1, 0.15) is 10.6 Å². The van der Waals surface area contributed by atoms with Gasteiger partial charge in [0.2, 0.25) is 5.82 Å². The number of rotatable bonds is 2. The van der Waals surface area contributed by atoms with Gasteiger partial charge in [0.1, 0.15) is 11.6 Å². The van der Waals surface area contributed by atoms with Crippen LogP contribution in [0.5, 0.6) is 5.75 Å². The summed E-state index contributed by atoms with van der Waals surface area (Å²) < 4.78 is 5.97. The molecule has 17 heavy (non-hydrogen) atoms. The van der Waals surface area contributed by atoms with E-state index in [1.54, 1.807) is 24.3 Å². The van der Waals surface area contributed by atoms with Gasteiger partial charge in [0, 0.05) is 10.7 Å². The van der Waals surface area contributed by atoms with Crippen LogP contribution in [0, 0.1) is 0 Å². The first-order chi connectivity index (χ1) is 8.15. The van der Waals surface area contributed by atoms with E-state index in [4.69, 9.17) is 10.5 Å². The van der Waals surface area contributed by atoms with Gasteiger partial charge in [-0.2, -0.15) is 0 Å². The normalized spacial score (nSPS) is 9.94. The number of nitrogen functional groups attached to an aromatic ring is 1. The molecule has 0 unspecified atom stereocenters. The summed E-state index contributed by atoms with van der Waals surface area (Å²) in [5.74, 6) is -0.0560. The van der Waals surface area contributed by atoms with Crippen molar-refractivity contribution in [2.24, 2.45) is 0 Å². The summed E-state index contributed by atoms with van der Waals surface area (Å²) in [6.07, 6.45) is 1.40. The molecule has 0 aliphatic heterocycles. The second-order valence-corrected chi connectivity index (χ2v) is 4.06. The van der Waals surface area contributed by atoms with Crippen molar-refractivity contribution in [2.75, 3.05) is 5.73 Å². The number of carbonyl (C=O) groups excluding carboxylic acids is 1. The second kappa shape index (κ2) is 4.92. The predicted octanol–water partition coefficient (Wildman–Crippen LogP) is 2.04. The summed E-state index contributed by atoms with van der Waals surface area (Å²) in [6.45, 7) is 0. The van der Waals surface area contributed by atoms with Gasteiger partial charge < -0.3 is 10.5 Å². The zero-order valence-corrected chi connectivity index (χ0v) is 10.2. The largest absolute Gasteiger partial charge is 0.421 e. The molecule has 5 nitrogen and oxygen atoms in total. The van der Waals surface area contributed by atoms with Gasteiger partial charge in [-0.05, 0) is 30.3 Å². The molecule has 2 rings (SSSR count). The summed E-state index contributed by atoms with van der Waals surface area (Å²) in [4.78, 5) is 19.2. The monoisotopic (exact) mass is 293 g/mol. The molecule has 0 saturated heterocycles. The number of halogens is 1. The molecule has 0 saturated carbocycles. The van der Waals surface area contributed by atoms with Crippen LogP contribution in [0.25, 0.3) is 0 Å². The van der Waals surface area contributed by atoms with Crippen LogP contribution in [-0.2, 0) is 0 Å². The van der Waals surface area contributed by atoms with Gasteiger partial charge in [-0.25, -0.2) is 14.8 Å². The lowest BCUT2D eigenvalue weighted by Gasteiger charge is -2.03. The Balaban J connectivity index is 2.14. The zero-order valence-electron chi connectivity index (χ0n) is 8.63. The molecule has 1 aromatic heterocycles. The van der Waals surface area contributed by atoms with Gasteiger partial charge in [-0.3, -0.25) is 0 Å². The minimum absolute atomic E-state index is 0.0621. The van der Waals surface area contributed by atoms with Crippen molar-refractivity contribution >= 4 is 27.7 Å². The van der Waals surface area contributed by atoms with Crippen LogP contribution >= 0.6 is 15.9 Å². The Morgan fingerprint density at radius 2 is 1.94 bits per heavy atom. The highest BCUT2D eigenvalue weighted by Crippen LogP contribution is 2.16. The van der Waals surface area contributed by atoms with E-state index in [0.717, 1.165) is 4.47 Å². The van der Waals surface area contributed by atoms with Crippen molar-refractivity contribution in [3.05, 3.63) is 46.8 Å².